The number of aromatic nitrogens is 1. The summed E-state index contributed by atoms with van der Waals surface area (Å²) in [6.45, 7) is 4.35. The van der Waals surface area contributed by atoms with E-state index in [1.807, 2.05) is 6.92 Å². The second-order valence-electron chi connectivity index (χ2n) is 9.11. The van der Waals surface area contributed by atoms with E-state index < -0.39 is 35.2 Å². The number of nitrogen functional groups attached to an aromatic ring is 1. The van der Waals surface area contributed by atoms with Crippen molar-refractivity contribution in [1.82, 2.24) is 15.2 Å². The topological polar surface area (TPSA) is 172 Å². The van der Waals surface area contributed by atoms with Gasteiger partial charge in [0.15, 0.2) is 10.8 Å². The number of β-lactam (4-membered cyclic amide) rings is 1. The van der Waals surface area contributed by atoms with Crippen LogP contribution in [-0.4, -0.2) is 89.6 Å². The number of rotatable bonds is 10. The van der Waals surface area contributed by atoms with E-state index in [1.165, 1.54) is 23.8 Å². The Hall–Kier alpha value is -3.43. The molecule has 3 aliphatic heterocycles. The van der Waals surface area contributed by atoms with Gasteiger partial charge in [-0.1, -0.05) is 18.2 Å². The Kier molecular flexibility index (Phi) is 9.81. The molecule has 0 unspecified atom stereocenters. The number of nitrogens with zero attached hydrogens (tertiary/aromatic N) is 3. The van der Waals surface area contributed by atoms with E-state index in [-0.39, 0.29) is 40.5 Å². The number of nitrogens with two attached hydrogens (primary N) is 1. The fourth-order valence-electron chi connectivity index (χ4n) is 4.34. The second kappa shape index (κ2) is 13.3. The van der Waals surface area contributed by atoms with Gasteiger partial charge < -0.3 is 30.1 Å². The lowest BCUT2D eigenvalue weighted by Gasteiger charge is -2.49. The number of esters is 2. The minimum atomic E-state index is -0.906. The van der Waals surface area contributed by atoms with E-state index >= 15 is 0 Å². The van der Waals surface area contributed by atoms with Gasteiger partial charge in [-0.3, -0.25) is 14.5 Å². The lowest BCUT2D eigenvalue weighted by molar-refractivity contribution is -0.153. The van der Waals surface area contributed by atoms with Crippen molar-refractivity contribution in [3.05, 3.63) is 34.0 Å². The number of hydrogen-bond acceptors (Lipinski definition) is 13. The molecule has 15 heteroatoms. The highest BCUT2D eigenvalue weighted by atomic mass is 32.2. The molecule has 13 nitrogen and oxygen atoms in total. The van der Waals surface area contributed by atoms with Crippen LogP contribution in [0.3, 0.4) is 0 Å². The Morgan fingerprint density at radius 1 is 1.32 bits per heavy atom. The van der Waals surface area contributed by atoms with Crippen LogP contribution in [0.5, 0.6) is 0 Å². The molecule has 0 spiro atoms. The van der Waals surface area contributed by atoms with E-state index in [0.717, 1.165) is 11.3 Å². The maximum atomic E-state index is 13.2. The van der Waals surface area contributed by atoms with Gasteiger partial charge in [-0.2, -0.15) is 0 Å². The first-order chi connectivity index (χ1) is 19.2. The summed E-state index contributed by atoms with van der Waals surface area (Å²) in [4.78, 5) is 62.1. The summed E-state index contributed by atoms with van der Waals surface area (Å²) in [6, 6.07) is -0.906. The van der Waals surface area contributed by atoms with Gasteiger partial charge in [-0.25, -0.2) is 14.6 Å². The van der Waals surface area contributed by atoms with Crippen molar-refractivity contribution in [3.63, 3.8) is 0 Å². The Morgan fingerprint density at radius 3 is 2.73 bits per heavy atom. The highest BCUT2D eigenvalue weighted by Crippen LogP contribution is 2.40. The number of amides is 2. The zero-order valence-corrected chi connectivity index (χ0v) is 24.0. The molecule has 0 bridgehead atoms. The molecule has 3 N–H and O–H groups in total. The van der Waals surface area contributed by atoms with Crippen LogP contribution in [0.4, 0.5) is 5.13 Å². The van der Waals surface area contributed by atoms with Crippen molar-refractivity contribution in [2.24, 2.45) is 5.16 Å². The van der Waals surface area contributed by atoms with Gasteiger partial charge in [0.1, 0.15) is 42.6 Å². The van der Waals surface area contributed by atoms with E-state index in [9.17, 15) is 19.2 Å². The zero-order chi connectivity index (χ0) is 28.8. The lowest BCUT2D eigenvalue weighted by atomic mass is 10.0. The number of ether oxygens (including phenoxy) is 3. The van der Waals surface area contributed by atoms with Crippen molar-refractivity contribution in [1.29, 1.82) is 0 Å². The molecule has 0 aliphatic carbocycles. The number of nitrogens with one attached hydrogen (secondary N) is 1. The van der Waals surface area contributed by atoms with Crippen LogP contribution in [0.2, 0.25) is 0 Å². The summed E-state index contributed by atoms with van der Waals surface area (Å²) >= 11 is 2.53. The summed E-state index contributed by atoms with van der Waals surface area (Å²) in [5, 5.41) is 7.67. The van der Waals surface area contributed by atoms with Crippen molar-refractivity contribution in [2.45, 2.75) is 50.6 Å². The molecule has 4 heterocycles. The number of thioether (sulfide) groups is 1. The molecule has 4 rings (SSSR count). The molecular formula is C25H31N5O8S2. The zero-order valence-electron chi connectivity index (χ0n) is 22.3. The van der Waals surface area contributed by atoms with Gasteiger partial charge >= 0.3 is 11.9 Å². The summed E-state index contributed by atoms with van der Waals surface area (Å²) in [7, 11) is 1.29. The molecule has 216 valence electrons. The maximum absolute atomic E-state index is 13.2. The Labute approximate surface area is 239 Å². The van der Waals surface area contributed by atoms with Crippen LogP contribution >= 0.6 is 23.1 Å². The number of carbonyl (C=O) groups excluding carboxylic acids is 4. The summed E-state index contributed by atoms with van der Waals surface area (Å²) < 4.78 is 16.3. The molecule has 40 heavy (non-hydrogen) atoms. The number of fused-ring (bicyclic) bond motifs is 1. The maximum Gasteiger partial charge on any atom is 0.355 e. The highest BCUT2D eigenvalue weighted by Gasteiger charge is 2.54. The summed E-state index contributed by atoms with van der Waals surface area (Å²) in [5.74, 6) is -1.98. The Morgan fingerprint density at radius 2 is 2.08 bits per heavy atom. The molecular weight excluding hydrogens is 562 g/mol. The third-order valence-corrected chi connectivity index (χ3v) is 8.41. The van der Waals surface area contributed by atoms with Crippen molar-refractivity contribution in [3.8, 4) is 0 Å². The van der Waals surface area contributed by atoms with E-state index in [0.29, 0.717) is 43.8 Å². The fourth-order valence-corrected chi connectivity index (χ4v) is 6.18. The van der Waals surface area contributed by atoms with E-state index in [2.05, 4.69) is 15.5 Å². The van der Waals surface area contributed by atoms with Crippen LogP contribution < -0.4 is 11.1 Å². The molecule has 2 amide bonds. The van der Waals surface area contributed by atoms with Crippen LogP contribution in [0.1, 0.15) is 38.8 Å². The number of hydrogen-bond donors (Lipinski definition) is 2. The molecule has 3 aliphatic rings. The molecule has 2 fully saturated rings. The highest BCUT2D eigenvalue weighted by molar-refractivity contribution is 8.00. The van der Waals surface area contributed by atoms with Crippen LogP contribution in [0.25, 0.3) is 0 Å². The number of thiazole rings is 1. The molecule has 1 aromatic rings. The van der Waals surface area contributed by atoms with E-state index in [4.69, 9.17) is 24.8 Å². The molecule has 0 aromatic carbocycles. The normalized spacial score (nSPS) is 21.9. The van der Waals surface area contributed by atoms with Gasteiger partial charge in [0.05, 0.1) is 18.8 Å². The monoisotopic (exact) mass is 593 g/mol. The second-order valence-corrected chi connectivity index (χ2v) is 11.1. The van der Waals surface area contributed by atoms with Crippen LogP contribution in [-0.2, 0) is 38.2 Å². The Balaban J connectivity index is 1.39. The van der Waals surface area contributed by atoms with Gasteiger partial charge in [0.2, 0.25) is 0 Å². The lowest BCUT2D eigenvalue weighted by Crippen LogP contribution is -2.71. The first-order valence-corrected chi connectivity index (χ1v) is 14.6. The predicted molar refractivity (Wildman–Crippen MR) is 147 cm³/mol. The number of anilines is 1. The van der Waals surface area contributed by atoms with Gasteiger partial charge in [0, 0.05) is 24.0 Å². The van der Waals surface area contributed by atoms with Crippen molar-refractivity contribution < 1.29 is 38.2 Å². The first kappa shape index (κ1) is 29.6. The van der Waals surface area contributed by atoms with Crippen LogP contribution in [0.15, 0.2) is 33.5 Å². The third kappa shape index (κ3) is 6.47. The van der Waals surface area contributed by atoms with Crippen molar-refractivity contribution >= 4 is 57.7 Å². The van der Waals surface area contributed by atoms with Gasteiger partial charge in [-0.05, 0) is 18.9 Å². The third-order valence-electron chi connectivity index (χ3n) is 6.31. The average Bonchev–Trinajstić information content (AvgIpc) is 3.38. The minimum absolute atomic E-state index is 0.103. The molecule has 0 radical (unpaired) electrons. The Bertz CT molecular complexity index is 1250. The quantitative estimate of drug-likeness (QED) is 0.132. The molecule has 2 saturated heterocycles. The number of allylic oxidation sites excluding steroid dienone is 1. The number of oxime groups is 1. The van der Waals surface area contributed by atoms with Gasteiger partial charge in [-0.15, -0.1) is 23.1 Å². The first-order valence-electron chi connectivity index (χ1n) is 12.7. The number of carbonyl (C=O) groups is 4. The van der Waals surface area contributed by atoms with E-state index in [1.54, 1.807) is 18.4 Å². The van der Waals surface area contributed by atoms with Crippen LogP contribution in [0, 0.1) is 0 Å². The molecule has 2 atom stereocenters. The standard InChI is InChI=1S/C25H31N5O8S2/c1-4-5-14(23(33)38-15-6-8-36-9-7-15)10-37-24(34)19-13(2)11-39-22-18(21(32)30(19)22)28-20(31)17(29-35-3)16-12-40-25(26)27-16/h5,12,15,18,22H,4,6-11H2,1-3H3,(H2,26,27)(H,28,31)/b14-5+,29-17-/t18-,22-/m1/s1. The largest absolute Gasteiger partial charge is 0.459 e. The fraction of sp³-hybridized carbons (Fsp3) is 0.520. The SMILES string of the molecule is CC/C=C(\COC(=O)C1=C(C)CS[C@@H]2[C@H](NC(=O)/C(=N\OC)c3csc(N)n3)C(=O)N12)C(=O)OC1CCOCC1. The van der Waals surface area contributed by atoms with Crippen molar-refractivity contribution in [2.75, 3.05) is 38.4 Å². The smallest absolute Gasteiger partial charge is 0.355 e. The van der Waals surface area contributed by atoms with Gasteiger partial charge in [0.25, 0.3) is 11.8 Å². The summed E-state index contributed by atoms with van der Waals surface area (Å²) in [6.07, 6.45) is 3.18. The molecule has 1 aromatic heterocycles. The molecule has 0 saturated carbocycles. The predicted octanol–water partition coefficient (Wildman–Crippen LogP) is 1.35. The summed E-state index contributed by atoms with van der Waals surface area (Å²) in [5.41, 5.74) is 6.74. The average molecular weight is 594 g/mol. The minimum Gasteiger partial charge on any atom is -0.459 e.